The van der Waals surface area contributed by atoms with Crippen LogP contribution in [-0.4, -0.2) is 12.6 Å². The van der Waals surface area contributed by atoms with Gasteiger partial charge in [-0.2, -0.15) is 0 Å². The summed E-state index contributed by atoms with van der Waals surface area (Å²) in [6.45, 7) is 1.97. The van der Waals surface area contributed by atoms with E-state index in [-0.39, 0.29) is 31.0 Å². The lowest BCUT2D eigenvalue weighted by molar-refractivity contribution is -0.143. The molecule has 1 atom stereocenters. The molecule has 0 saturated carbocycles. The fourth-order valence-corrected chi connectivity index (χ4v) is 1.75. The van der Waals surface area contributed by atoms with Gasteiger partial charge in [-0.25, -0.2) is 13.2 Å². The summed E-state index contributed by atoms with van der Waals surface area (Å²) in [5.41, 5.74) is 5.30. The third kappa shape index (κ3) is 4.55. The molecule has 1 aromatic carbocycles. The molecule has 19 heavy (non-hydrogen) atoms. The second-order valence-corrected chi connectivity index (χ2v) is 4.09. The Bertz CT molecular complexity index is 429. The van der Waals surface area contributed by atoms with E-state index in [0.717, 1.165) is 0 Å². The minimum Gasteiger partial charge on any atom is -0.466 e. The van der Waals surface area contributed by atoms with Crippen molar-refractivity contribution in [1.29, 1.82) is 0 Å². The average Bonchev–Trinajstić information content (AvgIpc) is 2.27. The van der Waals surface area contributed by atoms with Crippen LogP contribution in [0.25, 0.3) is 0 Å². The fraction of sp³-hybridized carbons (Fsp3) is 0.462. The first-order valence-corrected chi connectivity index (χ1v) is 6.01. The number of hydrogen-bond donors (Lipinski definition) is 1. The highest BCUT2D eigenvalue weighted by molar-refractivity contribution is 5.69. The molecule has 0 radical (unpaired) electrons. The lowest BCUT2D eigenvalue weighted by atomic mass is 10.0. The van der Waals surface area contributed by atoms with E-state index < -0.39 is 23.5 Å². The molecular formula is C13H16F3NO2. The van der Waals surface area contributed by atoms with E-state index in [4.69, 9.17) is 10.5 Å². The minimum atomic E-state index is -1.01. The Morgan fingerprint density at radius 1 is 1.32 bits per heavy atom. The van der Waals surface area contributed by atoms with E-state index in [1.54, 1.807) is 6.92 Å². The zero-order chi connectivity index (χ0) is 14.4. The quantitative estimate of drug-likeness (QED) is 0.812. The summed E-state index contributed by atoms with van der Waals surface area (Å²) in [4.78, 5) is 11.1. The summed E-state index contributed by atoms with van der Waals surface area (Å²) in [7, 11) is 0. The lowest BCUT2D eigenvalue weighted by Gasteiger charge is -2.13. The van der Waals surface area contributed by atoms with Crippen molar-refractivity contribution in [3.8, 4) is 0 Å². The van der Waals surface area contributed by atoms with Crippen LogP contribution in [0.4, 0.5) is 13.2 Å². The largest absolute Gasteiger partial charge is 0.466 e. The van der Waals surface area contributed by atoms with Crippen molar-refractivity contribution in [2.45, 2.75) is 32.2 Å². The Balaban J connectivity index is 2.59. The van der Waals surface area contributed by atoms with Gasteiger partial charge in [0.15, 0.2) is 0 Å². The molecular weight excluding hydrogens is 259 g/mol. The third-order valence-corrected chi connectivity index (χ3v) is 2.62. The summed E-state index contributed by atoms with van der Waals surface area (Å²) >= 11 is 0. The van der Waals surface area contributed by atoms with E-state index in [9.17, 15) is 18.0 Å². The monoisotopic (exact) mass is 275 g/mol. The molecule has 1 aromatic rings. The van der Waals surface area contributed by atoms with Crippen molar-refractivity contribution < 1.29 is 22.7 Å². The highest BCUT2D eigenvalue weighted by atomic mass is 19.1. The number of rotatable bonds is 6. The number of carbonyl (C=O) groups is 1. The predicted octanol–water partition coefficient (Wildman–Crippen LogP) is 2.84. The number of carbonyl (C=O) groups excluding carboxylic acids is 1. The predicted molar refractivity (Wildman–Crippen MR) is 63.7 cm³/mol. The van der Waals surface area contributed by atoms with Crippen LogP contribution in [-0.2, 0) is 9.53 Å². The van der Waals surface area contributed by atoms with E-state index in [2.05, 4.69) is 0 Å². The number of hydrogen-bond acceptors (Lipinski definition) is 3. The van der Waals surface area contributed by atoms with E-state index in [1.165, 1.54) is 0 Å². The maximum Gasteiger partial charge on any atom is 0.305 e. The lowest BCUT2D eigenvalue weighted by Crippen LogP contribution is -2.15. The van der Waals surface area contributed by atoms with E-state index in [1.807, 2.05) is 0 Å². The summed E-state index contributed by atoms with van der Waals surface area (Å²) in [6.07, 6.45) is 0.681. The molecule has 0 saturated heterocycles. The molecule has 0 aromatic heterocycles. The van der Waals surface area contributed by atoms with Gasteiger partial charge in [0, 0.05) is 30.2 Å². The SMILES string of the molecule is CCOC(=O)CCCC(N)c1c(F)cc(F)cc1F. The molecule has 0 fully saturated rings. The molecule has 0 aliphatic rings. The second-order valence-electron chi connectivity index (χ2n) is 4.09. The summed E-state index contributed by atoms with van der Waals surface area (Å²) in [6, 6.07) is 0.253. The van der Waals surface area contributed by atoms with Crippen LogP contribution in [0.3, 0.4) is 0 Å². The molecule has 3 nitrogen and oxygen atoms in total. The first-order chi connectivity index (χ1) is 8.95. The maximum atomic E-state index is 13.4. The van der Waals surface area contributed by atoms with Crippen LogP contribution in [0.15, 0.2) is 12.1 Å². The zero-order valence-electron chi connectivity index (χ0n) is 10.6. The molecule has 6 heteroatoms. The van der Waals surface area contributed by atoms with Crippen molar-refractivity contribution in [3.05, 3.63) is 35.1 Å². The molecule has 0 heterocycles. The van der Waals surface area contributed by atoms with Crippen molar-refractivity contribution in [2.24, 2.45) is 5.73 Å². The Morgan fingerprint density at radius 3 is 2.42 bits per heavy atom. The Hall–Kier alpha value is -1.56. The number of esters is 1. The number of halogens is 3. The van der Waals surface area contributed by atoms with E-state index >= 15 is 0 Å². The normalized spacial score (nSPS) is 12.3. The van der Waals surface area contributed by atoms with Crippen molar-refractivity contribution >= 4 is 5.97 Å². The van der Waals surface area contributed by atoms with Gasteiger partial charge >= 0.3 is 5.97 Å². The highest BCUT2D eigenvalue weighted by Crippen LogP contribution is 2.24. The molecule has 0 bridgehead atoms. The molecule has 0 spiro atoms. The summed E-state index contributed by atoms with van der Waals surface area (Å²) < 4.78 is 44.3. The third-order valence-electron chi connectivity index (χ3n) is 2.62. The van der Waals surface area contributed by atoms with Gasteiger partial charge < -0.3 is 10.5 Å². The fourth-order valence-electron chi connectivity index (χ4n) is 1.75. The van der Waals surface area contributed by atoms with Gasteiger partial charge in [-0.3, -0.25) is 4.79 Å². The molecule has 2 N–H and O–H groups in total. The van der Waals surface area contributed by atoms with Gasteiger partial charge in [0.2, 0.25) is 0 Å². The van der Waals surface area contributed by atoms with Crippen LogP contribution in [0, 0.1) is 17.5 Å². The molecule has 0 aliphatic heterocycles. The van der Waals surface area contributed by atoms with Crippen LogP contribution in [0.1, 0.15) is 37.8 Å². The van der Waals surface area contributed by atoms with Crippen LogP contribution in [0.5, 0.6) is 0 Å². The number of nitrogens with two attached hydrogens (primary N) is 1. The Labute approximate surface area is 109 Å². The van der Waals surface area contributed by atoms with Crippen LogP contribution in [0.2, 0.25) is 0 Å². The van der Waals surface area contributed by atoms with Gasteiger partial charge in [0.05, 0.1) is 6.61 Å². The molecule has 0 amide bonds. The van der Waals surface area contributed by atoms with Gasteiger partial charge in [-0.15, -0.1) is 0 Å². The molecule has 106 valence electrons. The van der Waals surface area contributed by atoms with Crippen molar-refractivity contribution in [1.82, 2.24) is 0 Å². The minimum absolute atomic E-state index is 0.131. The average molecular weight is 275 g/mol. The Kier molecular flexibility index (Phi) is 5.82. The Morgan fingerprint density at radius 2 is 1.89 bits per heavy atom. The van der Waals surface area contributed by atoms with Gasteiger partial charge in [-0.05, 0) is 19.8 Å². The van der Waals surface area contributed by atoms with Crippen molar-refractivity contribution in [2.75, 3.05) is 6.61 Å². The van der Waals surface area contributed by atoms with Crippen LogP contribution >= 0.6 is 0 Å². The van der Waals surface area contributed by atoms with E-state index in [0.29, 0.717) is 18.6 Å². The summed E-state index contributed by atoms with van der Waals surface area (Å²) in [5, 5.41) is 0. The molecule has 1 unspecified atom stereocenters. The molecule has 0 aliphatic carbocycles. The first-order valence-electron chi connectivity index (χ1n) is 6.01. The van der Waals surface area contributed by atoms with Crippen LogP contribution < -0.4 is 5.73 Å². The first kappa shape index (κ1) is 15.5. The standard InChI is InChI=1S/C13H16F3NO2/c1-2-19-12(18)5-3-4-11(17)13-9(15)6-8(14)7-10(13)16/h6-7,11H,2-5,17H2,1H3. The van der Waals surface area contributed by atoms with Gasteiger partial charge in [0.1, 0.15) is 17.5 Å². The maximum absolute atomic E-state index is 13.4. The number of ether oxygens (including phenoxy) is 1. The van der Waals surface area contributed by atoms with Gasteiger partial charge in [-0.1, -0.05) is 0 Å². The van der Waals surface area contributed by atoms with Gasteiger partial charge in [0.25, 0.3) is 0 Å². The van der Waals surface area contributed by atoms with Crippen molar-refractivity contribution in [3.63, 3.8) is 0 Å². The molecule has 1 rings (SSSR count). The zero-order valence-corrected chi connectivity index (χ0v) is 10.6. The smallest absolute Gasteiger partial charge is 0.305 e. The second kappa shape index (κ2) is 7.13. The highest BCUT2D eigenvalue weighted by Gasteiger charge is 2.18. The number of benzene rings is 1. The summed E-state index contributed by atoms with van der Waals surface area (Å²) in [5.74, 6) is -3.39. The topological polar surface area (TPSA) is 52.3 Å².